The predicted octanol–water partition coefficient (Wildman–Crippen LogP) is 2.60. The molecule has 3 rings (SSSR count). The minimum atomic E-state index is -1.12. The SMILES string of the molecule is O=C(O)c1nc(Cc2ccccc2)cc2c([O-])cccc12. The van der Waals surface area contributed by atoms with Crippen molar-refractivity contribution in [3.63, 3.8) is 0 Å². The monoisotopic (exact) mass is 278 g/mol. The lowest BCUT2D eigenvalue weighted by atomic mass is 10.0. The first-order chi connectivity index (χ1) is 10.1. The molecule has 1 aromatic heterocycles. The molecule has 2 aromatic carbocycles. The Morgan fingerprint density at radius 1 is 1.05 bits per heavy atom. The van der Waals surface area contributed by atoms with E-state index < -0.39 is 5.97 Å². The van der Waals surface area contributed by atoms with E-state index in [0.717, 1.165) is 5.56 Å². The highest BCUT2D eigenvalue weighted by molar-refractivity contribution is 6.03. The van der Waals surface area contributed by atoms with Gasteiger partial charge >= 0.3 is 5.97 Å². The molecule has 3 aromatic rings. The predicted molar refractivity (Wildman–Crippen MR) is 77.4 cm³/mol. The molecule has 21 heavy (non-hydrogen) atoms. The van der Waals surface area contributed by atoms with Crippen LogP contribution in [0.5, 0.6) is 5.75 Å². The first-order valence-corrected chi connectivity index (χ1v) is 6.52. The molecule has 0 saturated heterocycles. The van der Waals surface area contributed by atoms with Crippen molar-refractivity contribution < 1.29 is 15.0 Å². The van der Waals surface area contributed by atoms with E-state index in [1.54, 1.807) is 18.2 Å². The maximum Gasteiger partial charge on any atom is 0.355 e. The average Bonchev–Trinajstić information content (AvgIpc) is 2.48. The first-order valence-electron chi connectivity index (χ1n) is 6.52. The van der Waals surface area contributed by atoms with Crippen molar-refractivity contribution in [3.8, 4) is 5.75 Å². The Bertz CT molecular complexity index is 813. The highest BCUT2D eigenvalue weighted by Gasteiger charge is 2.12. The van der Waals surface area contributed by atoms with Crippen molar-refractivity contribution in [3.05, 3.63) is 71.5 Å². The molecular weight excluding hydrogens is 266 g/mol. The summed E-state index contributed by atoms with van der Waals surface area (Å²) < 4.78 is 0. The number of hydrogen-bond donors (Lipinski definition) is 1. The van der Waals surface area contributed by atoms with E-state index in [-0.39, 0.29) is 11.4 Å². The van der Waals surface area contributed by atoms with Gasteiger partial charge in [-0.15, -0.1) is 5.75 Å². The Morgan fingerprint density at radius 2 is 1.81 bits per heavy atom. The van der Waals surface area contributed by atoms with Crippen LogP contribution < -0.4 is 5.11 Å². The van der Waals surface area contributed by atoms with Gasteiger partial charge in [-0.3, -0.25) is 0 Å². The van der Waals surface area contributed by atoms with Gasteiger partial charge in [0.2, 0.25) is 0 Å². The molecule has 1 N–H and O–H groups in total. The normalized spacial score (nSPS) is 10.7. The number of fused-ring (bicyclic) bond motifs is 1. The molecule has 0 unspecified atom stereocenters. The smallest absolute Gasteiger partial charge is 0.355 e. The molecule has 0 atom stereocenters. The number of aromatic carboxylic acids is 1. The maximum atomic E-state index is 11.9. The topological polar surface area (TPSA) is 73.2 Å². The molecule has 0 aliphatic rings. The second-order valence-corrected chi connectivity index (χ2v) is 4.78. The fourth-order valence-corrected chi connectivity index (χ4v) is 2.36. The van der Waals surface area contributed by atoms with Crippen LogP contribution >= 0.6 is 0 Å². The van der Waals surface area contributed by atoms with Gasteiger partial charge in [-0.2, -0.15) is 0 Å². The molecule has 0 aliphatic heterocycles. The molecule has 0 amide bonds. The largest absolute Gasteiger partial charge is 0.872 e. The summed E-state index contributed by atoms with van der Waals surface area (Å²) >= 11 is 0. The molecule has 0 saturated carbocycles. The molecule has 4 nitrogen and oxygen atoms in total. The molecule has 104 valence electrons. The van der Waals surface area contributed by atoms with E-state index >= 15 is 0 Å². The van der Waals surface area contributed by atoms with Crippen molar-refractivity contribution in [2.24, 2.45) is 0 Å². The highest BCUT2D eigenvalue weighted by atomic mass is 16.4. The van der Waals surface area contributed by atoms with Gasteiger partial charge in [-0.25, -0.2) is 9.78 Å². The number of carboxylic acids is 1. The Morgan fingerprint density at radius 3 is 2.52 bits per heavy atom. The number of pyridine rings is 1. The number of aromatic nitrogens is 1. The van der Waals surface area contributed by atoms with Crippen molar-refractivity contribution in [2.75, 3.05) is 0 Å². The van der Waals surface area contributed by atoms with Gasteiger partial charge in [0.25, 0.3) is 0 Å². The number of benzene rings is 2. The van der Waals surface area contributed by atoms with Crippen LogP contribution in [0.15, 0.2) is 54.6 Å². The van der Waals surface area contributed by atoms with Crippen LogP contribution in [0, 0.1) is 0 Å². The fourth-order valence-electron chi connectivity index (χ4n) is 2.36. The summed E-state index contributed by atoms with van der Waals surface area (Å²) in [6.07, 6.45) is 0.491. The summed E-state index contributed by atoms with van der Waals surface area (Å²) in [7, 11) is 0. The molecular formula is C17H12NO3-. The lowest BCUT2D eigenvalue weighted by Crippen LogP contribution is -2.06. The summed E-state index contributed by atoms with van der Waals surface area (Å²) in [5.41, 5.74) is 1.52. The van der Waals surface area contributed by atoms with Crippen LogP contribution in [0.4, 0.5) is 0 Å². The van der Waals surface area contributed by atoms with Crippen LogP contribution in [0.2, 0.25) is 0 Å². The molecule has 0 aliphatic carbocycles. The van der Waals surface area contributed by atoms with E-state index in [0.29, 0.717) is 22.9 Å². The number of carboxylic acid groups (broad SMARTS) is 1. The zero-order chi connectivity index (χ0) is 14.8. The number of hydrogen-bond acceptors (Lipinski definition) is 3. The van der Waals surface area contributed by atoms with Crippen LogP contribution in [-0.2, 0) is 6.42 Å². The zero-order valence-electron chi connectivity index (χ0n) is 11.1. The van der Waals surface area contributed by atoms with E-state index in [1.807, 2.05) is 30.3 Å². The lowest BCUT2D eigenvalue weighted by molar-refractivity contribution is -0.265. The first kappa shape index (κ1) is 13.1. The molecule has 1 heterocycles. The minimum absolute atomic E-state index is 0.0730. The van der Waals surface area contributed by atoms with Gasteiger partial charge in [0.15, 0.2) is 5.69 Å². The molecule has 4 heteroatoms. The van der Waals surface area contributed by atoms with Gasteiger partial charge in [0.05, 0.1) is 0 Å². The van der Waals surface area contributed by atoms with Crippen molar-refractivity contribution in [2.45, 2.75) is 6.42 Å². The summed E-state index contributed by atoms with van der Waals surface area (Å²) in [5.74, 6) is -1.31. The van der Waals surface area contributed by atoms with Gasteiger partial charge in [-0.05, 0) is 17.0 Å². The maximum absolute atomic E-state index is 11.9. The quantitative estimate of drug-likeness (QED) is 0.799. The summed E-state index contributed by atoms with van der Waals surface area (Å²) in [5, 5.41) is 22.0. The van der Waals surface area contributed by atoms with Crippen LogP contribution in [0.25, 0.3) is 10.8 Å². The van der Waals surface area contributed by atoms with Gasteiger partial charge in [0.1, 0.15) is 0 Å². The van der Waals surface area contributed by atoms with E-state index in [4.69, 9.17) is 0 Å². The van der Waals surface area contributed by atoms with Gasteiger partial charge < -0.3 is 10.2 Å². The molecule has 0 spiro atoms. The van der Waals surface area contributed by atoms with Crippen molar-refractivity contribution in [1.82, 2.24) is 4.98 Å². The number of rotatable bonds is 3. The lowest BCUT2D eigenvalue weighted by Gasteiger charge is -2.13. The Labute approximate surface area is 121 Å². The van der Waals surface area contributed by atoms with Crippen LogP contribution in [-0.4, -0.2) is 16.1 Å². The van der Waals surface area contributed by atoms with E-state index in [2.05, 4.69) is 4.98 Å². The zero-order valence-corrected chi connectivity index (χ0v) is 11.1. The fraction of sp³-hybridized carbons (Fsp3) is 0.0588. The van der Waals surface area contributed by atoms with Crippen molar-refractivity contribution >= 4 is 16.7 Å². The third-order valence-electron chi connectivity index (χ3n) is 3.32. The minimum Gasteiger partial charge on any atom is -0.872 e. The third-order valence-corrected chi connectivity index (χ3v) is 3.32. The average molecular weight is 278 g/mol. The third kappa shape index (κ3) is 2.56. The summed E-state index contributed by atoms with van der Waals surface area (Å²) in [6, 6.07) is 15.9. The van der Waals surface area contributed by atoms with Crippen molar-refractivity contribution in [1.29, 1.82) is 0 Å². The van der Waals surface area contributed by atoms with Crippen LogP contribution in [0.3, 0.4) is 0 Å². The molecule has 0 bridgehead atoms. The molecule has 0 fully saturated rings. The Hall–Kier alpha value is -2.88. The van der Waals surface area contributed by atoms with Gasteiger partial charge in [-0.1, -0.05) is 48.5 Å². The number of nitrogens with zero attached hydrogens (tertiary/aromatic N) is 1. The Kier molecular flexibility index (Phi) is 3.28. The summed E-state index contributed by atoms with van der Waals surface area (Å²) in [6.45, 7) is 0. The highest BCUT2D eigenvalue weighted by Crippen LogP contribution is 2.26. The Balaban J connectivity index is 2.16. The van der Waals surface area contributed by atoms with Crippen LogP contribution in [0.1, 0.15) is 21.7 Å². The second kappa shape index (κ2) is 5.25. The molecule has 0 radical (unpaired) electrons. The van der Waals surface area contributed by atoms with E-state index in [9.17, 15) is 15.0 Å². The second-order valence-electron chi connectivity index (χ2n) is 4.78. The standard InChI is InChI=1S/C17H13NO3/c19-15-8-4-7-13-14(15)10-12(18-16(13)17(20)21)9-11-5-2-1-3-6-11/h1-8,10,19H,9H2,(H,20,21)/p-1. The number of carbonyl (C=O) groups is 1. The summed E-state index contributed by atoms with van der Waals surface area (Å²) in [4.78, 5) is 15.6. The van der Waals surface area contributed by atoms with E-state index in [1.165, 1.54) is 6.07 Å². The van der Waals surface area contributed by atoms with Gasteiger partial charge in [0, 0.05) is 17.5 Å².